The lowest BCUT2D eigenvalue weighted by molar-refractivity contribution is 0.263. The van der Waals surface area contributed by atoms with E-state index in [0.717, 1.165) is 12.8 Å². The molecule has 0 aromatic heterocycles. The fourth-order valence-corrected chi connectivity index (χ4v) is 1.15. The van der Waals surface area contributed by atoms with Crippen molar-refractivity contribution in [2.45, 2.75) is 25.9 Å². The van der Waals surface area contributed by atoms with Gasteiger partial charge in [-0.25, -0.2) is 0 Å². The molecule has 0 unspecified atom stereocenters. The van der Waals surface area contributed by atoms with Gasteiger partial charge in [-0.05, 0) is 19.8 Å². The monoisotopic (exact) mass is 195 g/mol. The van der Waals surface area contributed by atoms with Gasteiger partial charge < -0.3 is 11.5 Å². The maximum Gasteiger partial charge on any atom is 0.697 e. The molecule has 72 valence electrons. The van der Waals surface area contributed by atoms with Crippen molar-refractivity contribution in [1.82, 2.24) is 0 Å². The maximum absolute atomic E-state index is 10.4. The van der Waals surface area contributed by atoms with Crippen molar-refractivity contribution in [1.29, 1.82) is 0 Å². The van der Waals surface area contributed by atoms with E-state index in [1.807, 2.05) is 0 Å². The van der Waals surface area contributed by atoms with Crippen LogP contribution in [0.3, 0.4) is 0 Å². The minimum absolute atomic E-state index is 0.167. The molecule has 6 heteroatoms. The summed E-state index contributed by atoms with van der Waals surface area (Å²) >= 11 is 0. The normalized spacial score (nSPS) is 18.2. The van der Waals surface area contributed by atoms with Gasteiger partial charge in [-0.3, -0.25) is 0 Å². The van der Waals surface area contributed by atoms with Gasteiger partial charge >= 0.3 is 8.25 Å². The molecule has 0 bridgehead atoms. The second kappa shape index (κ2) is 7.58. The van der Waals surface area contributed by atoms with Gasteiger partial charge in [-0.1, -0.05) is 0 Å². The summed E-state index contributed by atoms with van der Waals surface area (Å²) in [7, 11) is -1.77. The standard InChI is InChI=1S/C4H8O3P.C2H8N2/c5-8-6-3-1-2-4-7-8;1-2(3)4/h1-4H2;2H,3-4H2,1H3/q+1;. The lowest BCUT2D eigenvalue weighted by Crippen LogP contribution is -2.25. The Morgan fingerprint density at radius 2 is 1.58 bits per heavy atom. The largest absolute Gasteiger partial charge is 0.697 e. The number of rotatable bonds is 0. The van der Waals surface area contributed by atoms with Crippen LogP contribution in [0.25, 0.3) is 0 Å². The fraction of sp³-hybridized carbons (Fsp3) is 1.00. The van der Waals surface area contributed by atoms with Gasteiger partial charge in [0.05, 0.1) is 0 Å². The van der Waals surface area contributed by atoms with Gasteiger partial charge in [0.25, 0.3) is 0 Å². The van der Waals surface area contributed by atoms with Crippen molar-refractivity contribution >= 4 is 8.25 Å². The summed E-state index contributed by atoms with van der Waals surface area (Å²) in [5.74, 6) is 0. The molecule has 4 N–H and O–H groups in total. The third kappa shape index (κ3) is 9.94. The van der Waals surface area contributed by atoms with Crippen molar-refractivity contribution in [3.63, 3.8) is 0 Å². The van der Waals surface area contributed by atoms with Crippen molar-refractivity contribution in [2.24, 2.45) is 11.5 Å². The summed E-state index contributed by atoms with van der Waals surface area (Å²) in [4.78, 5) is 0. The highest BCUT2D eigenvalue weighted by molar-refractivity contribution is 7.33. The lowest BCUT2D eigenvalue weighted by Gasteiger charge is -1.83. The molecular weight excluding hydrogens is 179 g/mol. The van der Waals surface area contributed by atoms with Crippen LogP contribution in [0.2, 0.25) is 0 Å². The second-order valence-electron chi connectivity index (χ2n) is 2.46. The molecule has 12 heavy (non-hydrogen) atoms. The van der Waals surface area contributed by atoms with E-state index in [1.54, 1.807) is 6.92 Å². The van der Waals surface area contributed by atoms with Gasteiger partial charge in [-0.15, -0.1) is 9.05 Å². The SMILES string of the molecule is CC(N)N.O=[P+]1OCCCCO1. The zero-order valence-corrected chi connectivity index (χ0v) is 8.13. The van der Waals surface area contributed by atoms with Crippen LogP contribution in [0.15, 0.2) is 0 Å². The quantitative estimate of drug-likeness (QED) is 0.439. The molecule has 1 saturated heterocycles. The topological polar surface area (TPSA) is 87.6 Å². The van der Waals surface area contributed by atoms with Gasteiger partial charge in [0.2, 0.25) is 0 Å². The van der Waals surface area contributed by atoms with E-state index in [4.69, 9.17) is 11.5 Å². The van der Waals surface area contributed by atoms with E-state index in [-0.39, 0.29) is 6.17 Å². The summed E-state index contributed by atoms with van der Waals surface area (Å²) < 4.78 is 19.8. The summed E-state index contributed by atoms with van der Waals surface area (Å²) in [6.45, 7) is 2.88. The summed E-state index contributed by atoms with van der Waals surface area (Å²) in [6, 6.07) is 0. The molecule has 1 aliphatic heterocycles. The molecule has 0 atom stereocenters. The zero-order valence-electron chi connectivity index (χ0n) is 7.23. The third-order valence-corrected chi connectivity index (χ3v) is 1.72. The molecule has 1 aliphatic rings. The smallest absolute Gasteiger partial charge is 0.316 e. The van der Waals surface area contributed by atoms with Gasteiger partial charge in [0, 0.05) is 10.7 Å². The van der Waals surface area contributed by atoms with Crippen molar-refractivity contribution in [3.8, 4) is 0 Å². The highest BCUT2D eigenvalue weighted by atomic mass is 31.1. The van der Waals surface area contributed by atoms with Crippen molar-refractivity contribution in [2.75, 3.05) is 13.2 Å². The molecular formula is C6H16N2O3P+. The molecule has 0 aromatic rings. The molecule has 0 spiro atoms. The van der Waals surface area contributed by atoms with Gasteiger partial charge in [-0.2, -0.15) is 0 Å². The predicted molar refractivity (Wildman–Crippen MR) is 46.6 cm³/mol. The first-order valence-corrected chi connectivity index (χ1v) is 4.96. The van der Waals surface area contributed by atoms with Crippen LogP contribution in [0, 0.1) is 0 Å². The van der Waals surface area contributed by atoms with Crippen LogP contribution in [-0.4, -0.2) is 19.4 Å². The number of hydrogen-bond donors (Lipinski definition) is 2. The predicted octanol–water partition coefficient (Wildman–Crippen LogP) is 0.721. The van der Waals surface area contributed by atoms with Crippen LogP contribution in [-0.2, 0) is 13.6 Å². The lowest BCUT2D eigenvalue weighted by atomic mass is 10.3. The van der Waals surface area contributed by atoms with E-state index >= 15 is 0 Å². The zero-order chi connectivity index (χ0) is 9.40. The minimum atomic E-state index is -1.77. The Balaban J connectivity index is 0.000000261. The maximum atomic E-state index is 10.4. The fourth-order valence-electron chi connectivity index (χ4n) is 0.520. The molecule has 0 amide bonds. The Morgan fingerprint density at radius 1 is 1.25 bits per heavy atom. The molecule has 1 rings (SSSR count). The Labute approximate surface area is 73.3 Å². The first kappa shape index (κ1) is 11.9. The summed E-state index contributed by atoms with van der Waals surface area (Å²) in [5, 5.41) is 0. The molecule has 0 radical (unpaired) electrons. The minimum Gasteiger partial charge on any atom is -0.316 e. The first-order valence-electron chi connectivity index (χ1n) is 3.87. The number of nitrogens with two attached hydrogens (primary N) is 2. The van der Waals surface area contributed by atoms with E-state index < -0.39 is 8.25 Å². The highest BCUT2D eigenvalue weighted by Gasteiger charge is 2.21. The molecule has 1 fully saturated rings. The van der Waals surface area contributed by atoms with Crippen LogP contribution >= 0.6 is 8.25 Å². The number of hydrogen-bond acceptors (Lipinski definition) is 5. The summed E-state index contributed by atoms with van der Waals surface area (Å²) in [5.41, 5.74) is 9.78. The van der Waals surface area contributed by atoms with Crippen LogP contribution < -0.4 is 11.5 Å². The average molecular weight is 195 g/mol. The van der Waals surface area contributed by atoms with E-state index in [2.05, 4.69) is 9.05 Å². The molecule has 0 aromatic carbocycles. The first-order chi connectivity index (χ1) is 5.63. The Bertz CT molecular complexity index is 119. The highest BCUT2D eigenvalue weighted by Crippen LogP contribution is 2.26. The van der Waals surface area contributed by atoms with Crippen LogP contribution in [0.4, 0.5) is 0 Å². The Hall–Kier alpha value is -0.0600. The van der Waals surface area contributed by atoms with E-state index in [1.165, 1.54) is 0 Å². The van der Waals surface area contributed by atoms with Crippen molar-refractivity contribution < 1.29 is 13.6 Å². The Morgan fingerprint density at radius 3 is 1.92 bits per heavy atom. The van der Waals surface area contributed by atoms with Crippen LogP contribution in [0.1, 0.15) is 19.8 Å². The van der Waals surface area contributed by atoms with E-state index in [9.17, 15) is 4.57 Å². The average Bonchev–Trinajstić information content (AvgIpc) is 2.14. The third-order valence-electron chi connectivity index (χ3n) is 0.932. The molecule has 0 aliphatic carbocycles. The van der Waals surface area contributed by atoms with Gasteiger partial charge in [0.15, 0.2) is 0 Å². The molecule has 5 nitrogen and oxygen atoms in total. The Kier molecular flexibility index (Phi) is 7.54. The molecule has 0 saturated carbocycles. The second-order valence-corrected chi connectivity index (χ2v) is 3.42. The molecule has 1 heterocycles. The van der Waals surface area contributed by atoms with E-state index in [0.29, 0.717) is 13.2 Å². The summed E-state index contributed by atoms with van der Waals surface area (Å²) in [6.07, 6.45) is 1.75. The van der Waals surface area contributed by atoms with Crippen molar-refractivity contribution in [3.05, 3.63) is 0 Å². The van der Waals surface area contributed by atoms with Crippen LogP contribution in [0.5, 0.6) is 0 Å². The van der Waals surface area contributed by atoms with Gasteiger partial charge in [0.1, 0.15) is 13.2 Å².